The second-order valence-corrected chi connectivity index (χ2v) is 5.23. The molecule has 0 spiro atoms. The highest BCUT2D eigenvalue weighted by atomic mass is 16.4. The zero-order chi connectivity index (χ0) is 13.1. The standard InChI is InChI=1S/C12H22N2O3/c1-8(10(15)16)9(2)14-11(17)12(3)5-4-6-13-7-12/h8-9,13H,4-7H2,1-3H3,(H,14,17)(H,15,16). The molecule has 1 heterocycles. The van der Waals surface area contributed by atoms with Crippen molar-refractivity contribution in [2.24, 2.45) is 11.3 Å². The van der Waals surface area contributed by atoms with Crippen molar-refractivity contribution in [2.45, 2.75) is 39.7 Å². The van der Waals surface area contributed by atoms with Crippen LogP contribution >= 0.6 is 0 Å². The van der Waals surface area contributed by atoms with Crippen molar-refractivity contribution in [1.29, 1.82) is 0 Å². The first-order valence-corrected chi connectivity index (χ1v) is 6.11. The molecule has 1 saturated heterocycles. The molecular weight excluding hydrogens is 220 g/mol. The van der Waals surface area contributed by atoms with E-state index < -0.39 is 17.3 Å². The second-order valence-electron chi connectivity index (χ2n) is 5.23. The van der Waals surface area contributed by atoms with Crippen LogP contribution in [0.1, 0.15) is 33.6 Å². The summed E-state index contributed by atoms with van der Waals surface area (Å²) in [7, 11) is 0. The Hall–Kier alpha value is -1.10. The van der Waals surface area contributed by atoms with Crippen molar-refractivity contribution in [3.63, 3.8) is 0 Å². The molecule has 0 saturated carbocycles. The molecule has 0 bridgehead atoms. The van der Waals surface area contributed by atoms with E-state index in [9.17, 15) is 9.59 Å². The summed E-state index contributed by atoms with van der Waals surface area (Å²) >= 11 is 0. The maximum absolute atomic E-state index is 12.1. The van der Waals surface area contributed by atoms with Crippen LogP contribution in [0.4, 0.5) is 0 Å². The molecule has 17 heavy (non-hydrogen) atoms. The summed E-state index contributed by atoms with van der Waals surface area (Å²) in [6.07, 6.45) is 1.83. The first kappa shape index (κ1) is 14.0. The summed E-state index contributed by atoms with van der Waals surface area (Å²) in [6.45, 7) is 6.87. The molecule has 5 heteroatoms. The molecule has 0 radical (unpaired) electrons. The zero-order valence-electron chi connectivity index (χ0n) is 10.7. The van der Waals surface area contributed by atoms with Crippen molar-refractivity contribution in [1.82, 2.24) is 10.6 Å². The highest BCUT2D eigenvalue weighted by Gasteiger charge is 2.36. The molecular formula is C12H22N2O3. The van der Waals surface area contributed by atoms with Crippen LogP contribution in [-0.4, -0.2) is 36.1 Å². The van der Waals surface area contributed by atoms with Gasteiger partial charge in [-0.1, -0.05) is 0 Å². The van der Waals surface area contributed by atoms with E-state index in [1.165, 1.54) is 0 Å². The van der Waals surface area contributed by atoms with Gasteiger partial charge in [0.25, 0.3) is 0 Å². The van der Waals surface area contributed by atoms with Crippen molar-refractivity contribution < 1.29 is 14.7 Å². The number of rotatable bonds is 4. The van der Waals surface area contributed by atoms with Gasteiger partial charge in [0.2, 0.25) is 5.91 Å². The fourth-order valence-corrected chi connectivity index (χ4v) is 1.97. The van der Waals surface area contributed by atoms with Gasteiger partial charge in [-0.25, -0.2) is 0 Å². The Morgan fingerprint density at radius 3 is 2.53 bits per heavy atom. The zero-order valence-corrected chi connectivity index (χ0v) is 10.7. The highest BCUT2D eigenvalue weighted by Crippen LogP contribution is 2.25. The Bertz CT molecular complexity index is 298. The number of carboxylic acid groups (broad SMARTS) is 1. The molecule has 1 aliphatic rings. The van der Waals surface area contributed by atoms with Crippen LogP contribution in [0.2, 0.25) is 0 Å². The molecule has 1 amide bonds. The summed E-state index contributed by atoms with van der Waals surface area (Å²) in [6, 6.07) is -0.348. The smallest absolute Gasteiger partial charge is 0.308 e. The van der Waals surface area contributed by atoms with E-state index in [0.717, 1.165) is 19.4 Å². The number of amides is 1. The van der Waals surface area contributed by atoms with Crippen molar-refractivity contribution in [3.8, 4) is 0 Å². The summed E-state index contributed by atoms with van der Waals surface area (Å²) in [5.41, 5.74) is -0.412. The van der Waals surface area contributed by atoms with Gasteiger partial charge in [0.15, 0.2) is 0 Å². The minimum atomic E-state index is -0.885. The minimum Gasteiger partial charge on any atom is -0.481 e. The third-order valence-corrected chi connectivity index (χ3v) is 3.64. The van der Waals surface area contributed by atoms with Crippen LogP contribution in [-0.2, 0) is 9.59 Å². The Morgan fingerprint density at radius 1 is 1.41 bits per heavy atom. The normalized spacial score (nSPS) is 28.2. The van der Waals surface area contributed by atoms with Crippen LogP contribution in [0, 0.1) is 11.3 Å². The molecule has 1 rings (SSSR count). The van der Waals surface area contributed by atoms with Crippen LogP contribution in [0.15, 0.2) is 0 Å². The molecule has 0 aromatic carbocycles. The molecule has 3 unspecified atom stereocenters. The topological polar surface area (TPSA) is 78.4 Å². The average Bonchev–Trinajstić information content (AvgIpc) is 2.28. The van der Waals surface area contributed by atoms with E-state index in [2.05, 4.69) is 10.6 Å². The van der Waals surface area contributed by atoms with E-state index in [4.69, 9.17) is 5.11 Å². The van der Waals surface area contributed by atoms with Gasteiger partial charge in [-0.05, 0) is 40.2 Å². The van der Waals surface area contributed by atoms with Crippen LogP contribution in [0.5, 0.6) is 0 Å². The number of aliphatic carboxylic acids is 1. The molecule has 1 fully saturated rings. The number of nitrogens with one attached hydrogen (secondary N) is 2. The van der Waals surface area contributed by atoms with E-state index >= 15 is 0 Å². The molecule has 3 N–H and O–H groups in total. The van der Waals surface area contributed by atoms with Crippen molar-refractivity contribution >= 4 is 11.9 Å². The summed E-state index contributed by atoms with van der Waals surface area (Å²) in [5, 5.41) is 14.9. The number of hydrogen-bond acceptors (Lipinski definition) is 3. The first-order chi connectivity index (χ1) is 7.87. The Balaban J connectivity index is 2.56. The van der Waals surface area contributed by atoms with Crippen LogP contribution < -0.4 is 10.6 Å². The Labute approximate surface area is 102 Å². The number of hydrogen-bond donors (Lipinski definition) is 3. The molecule has 1 aliphatic heterocycles. The van der Waals surface area contributed by atoms with Gasteiger partial charge in [-0.15, -0.1) is 0 Å². The van der Waals surface area contributed by atoms with Gasteiger partial charge in [0.1, 0.15) is 0 Å². The summed E-state index contributed by atoms with van der Waals surface area (Å²) < 4.78 is 0. The molecule has 5 nitrogen and oxygen atoms in total. The maximum Gasteiger partial charge on any atom is 0.308 e. The summed E-state index contributed by atoms with van der Waals surface area (Å²) in [4.78, 5) is 22.9. The molecule has 0 aliphatic carbocycles. The largest absolute Gasteiger partial charge is 0.481 e. The highest BCUT2D eigenvalue weighted by molar-refractivity contribution is 5.83. The van der Waals surface area contributed by atoms with E-state index in [1.54, 1.807) is 13.8 Å². The molecule has 0 aromatic rings. The minimum absolute atomic E-state index is 0.0506. The van der Waals surface area contributed by atoms with Crippen molar-refractivity contribution in [2.75, 3.05) is 13.1 Å². The van der Waals surface area contributed by atoms with Gasteiger partial charge in [-0.2, -0.15) is 0 Å². The van der Waals surface area contributed by atoms with Crippen molar-refractivity contribution in [3.05, 3.63) is 0 Å². The number of carbonyl (C=O) groups excluding carboxylic acids is 1. The number of carbonyl (C=O) groups is 2. The molecule has 98 valence electrons. The monoisotopic (exact) mass is 242 g/mol. The third-order valence-electron chi connectivity index (χ3n) is 3.64. The van der Waals surface area contributed by atoms with E-state index in [0.29, 0.717) is 6.54 Å². The van der Waals surface area contributed by atoms with Gasteiger partial charge in [0, 0.05) is 12.6 Å². The van der Waals surface area contributed by atoms with E-state index in [1.807, 2.05) is 6.92 Å². The fourth-order valence-electron chi connectivity index (χ4n) is 1.97. The number of piperidine rings is 1. The quantitative estimate of drug-likeness (QED) is 0.674. The maximum atomic E-state index is 12.1. The predicted molar refractivity (Wildman–Crippen MR) is 64.6 cm³/mol. The van der Waals surface area contributed by atoms with Gasteiger partial charge in [-0.3, -0.25) is 9.59 Å². The lowest BCUT2D eigenvalue weighted by molar-refractivity contribution is -0.142. The first-order valence-electron chi connectivity index (χ1n) is 6.11. The lowest BCUT2D eigenvalue weighted by atomic mass is 9.81. The predicted octanol–water partition coefficient (Wildman–Crippen LogP) is 0.602. The average molecular weight is 242 g/mol. The van der Waals surface area contributed by atoms with Gasteiger partial charge in [0.05, 0.1) is 11.3 Å². The van der Waals surface area contributed by atoms with Crippen LogP contribution in [0.25, 0.3) is 0 Å². The Kier molecular flexibility index (Phi) is 4.51. The van der Waals surface area contributed by atoms with Gasteiger partial charge >= 0.3 is 5.97 Å². The number of carboxylic acids is 1. The van der Waals surface area contributed by atoms with Gasteiger partial charge < -0.3 is 15.7 Å². The molecule has 3 atom stereocenters. The lowest BCUT2D eigenvalue weighted by Crippen LogP contribution is -2.52. The second kappa shape index (κ2) is 5.49. The van der Waals surface area contributed by atoms with E-state index in [-0.39, 0.29) is 11.9 Å². The Morgan fingerprint density at radius 2 is 2.06 bits per heavy atom. The lowest BCUT2D eigenvalue weighted by Gasteiger charge is -2.34. The third kappa shape index (κ3) is 3.43. The fraction of sp³-hybridized carbons (Fsp3) is 0.833. The summed E-state index contributed by atoms with van der Waals surface area (Å²) in [5.74, 6) is -1.51. The molecule has 0 aromatic heterocycles. The van der Waals surface area contributed by atoms with Crippen LogP contribution in [0.3, 0.4) is 0 Å². The SMILES string of the molecule is CC(NC(=O)C1(C)CCCNC1)C(C)C(=O)O.